The second kappa shape index (κ2) is 9.73. The summed E-state index contributed by atoms with van der Waals surface area (Å²) in [4.78, 5) is 12.0. The van der Waals surface area contributed by atoms with Crippen molar-refractivity contribution in [3.8, 4) is 0 Å². The Kier molecular flexibility index (Phi) is 7.09. The van der Waals surface area contributed by atoms with Gasteiger partial charge in [-0.2, -0.15) is 0 Å². The molecule has 3 aromatic rings. The molecular formula is C19H19ClN4OS2. The van der Waals surface area contributed by atoms with Gasteiger partial charge in [-0.3, -0.25) is 4.79 Å². The minimum atomic E-state index is -0.00636. The summed E-state index contributed by atoms with van der Waals surface area (Å²) in [6, 6.07) is 15.6. The summed E-state index contributed by atoms with van der Waals surface area (Å²) >= 11 is 8.75. The fourth-order valence-corrected chi connectivity index (χ4v) is 4.21. The van der Waals surface area contributed by atoms with E-state index in [1.807, 2.05) is 36.4 Å². The molecule has 0 saturated heterocycles. The van der Waals surface area contributed by atoms with Crippen molar-refractivity contribution in [2.45, 2.75) is 17.7 Å². The fourth-order valence-electron chi connectivity index (χ4n) is 2.41. The molecule has 2 N–H and O–H groups in total. The van der Waals surface area contributed by atoms with Gasteiger partial charge in [-0.15, -0.1) is 10.2 Å². The van der Waals surface area contributed by atoms with Gasteiger partial charge in [0.1, 0.15) is 0 Å². The molecule has 0 unspecified atom stereocenters. The van der Waals surface area contributed by atoms with Crippen LogP contribution in [0.1, 0.15) is 11.1 Å². The maximum Gasteiger partial charge on any atom is 0.230 e. The number of hydrogen-bond donors (Lipinski definition) is 2. The molecule has 3 rings (SSSR count). The number of nitrogens with one attached hydrogen (secondary N) is 2. The highest BCUT2D eigenvalue weighted by Crippen LogP contribution is 2.28. The summed E-state index contributed by atoms with van der Waals surface area (Å²) < 4.78 is 0.744. The number of benzene rings is 2. The van der Waals surface area contributed by atoms with Gasteiger partial charge in [0, 0.05) is 17.3 Å². The third-order valence-corrected chi connectivity index (χ3v) is 5.99. The molecule has 0 radical (unpaired) electrons. The first kappa shape index (κ1) is 19.7. The van der Waals surface area contributed by atoms with Crippen LogP contribution in [0, 0.1) is 6.92 Å². The number of rotatable bonds is 8. The van der Waals surface area contributed by atoms with Crippen molar-refractivity contribution in [3.63, 3.8) is 0 Å². The topological polar surface area (TPSA) is 66.9 Å². The van der Waals surface area contributed by atoms with E-state index in [9.17, 15) is 4.79 Å². The molecule has 0 atom stereocenters. The van der Waals surface area contributed by atoms with Gasteiger partial charge < -0.3 is 10.6 Å². The Morgan fingerprint density at radius 3 is 2.85 bits per heavy atom. The van der Waals surface area contributed by atoms with Gasteiger partial charge in [0.25, 0.3) is 0 Å². The number of halogens is 1. The summed E-state index contributed by atoms with van der Waals surface area (Å²) in [6.45, 7) is 2.71. The van der Waals surface area contributed by atoms with Crippen molar-refractivity contribution in [2.75, 3.05) is 17.6 Å². The predicted octanol–water partition coefficient (Wildman–Crippen LogP) is 4.69. The fraction of sp³-hybridized carbons (Fsp3) is 0.211. The van der Waals surface area contributed by atoms with Crippen LogP contribution >= 0.6 is 34.7 Å². The Bertz CT molecular complexity index is 916. The molecule has 2 aromatic carbocycles. The summed E-state index contributed by atoms with van der Waals surface area (Å²) in [6.07, 6.45) is 0.829. The van der Waals surface area contributed by atoms with Crippen LogP contribution in [-0.4, -0.2) is 28.4 Å². The Hall–Kier alpha value is -2.09. The zero-order valence-corrected chi connectivity index (χ0v) is 17.1. The first-order valence-electron chi connectivity index (χ1n) is 8.40. The molecule has 0 aliphatic heterocycles. The lowest BCUT2D eigenvalue weighted by Gasteiger charge is -2.06. The highest BCUT2D eigenvalue weighted by Gasteiger charge is 2.09. The largest absolute Gasteiger partial charge is 0.355 e. The van der Waals surface area contributed by atoms with Gasteiger partial charge in [-0.05, 0) is 42.7 Å². The van der Waals surface area contributed by atoms with Crippen LogP contribution in [0.2, 0.25) is 5.02 Å². The van der Waals surface area contributed by atoms with Crippen molar-refractivity contribution >= 4 is 51.4 Å². The molecule has 0 saturated carbocycles. The normalized spacial score (nSPS) is 10.6. The Morgan fingerprint density at radius 2 is 2.04 bits per heavy atom. The van der Waals surface area contributed by atoms with Crippen LogP contribution in [0.4, 0.5) is 10.8 Å². The van der Waals surface area contributed by atoms with Crippen molar-refractivity contribution in [2.24, 2.45) is 0 Å². The Labute approximate surface area is 171 Å². The maximum atomic E-state index is 12.0. The van der Waals surface area contributed by atoms with E-state index in [4.69, 9.17) is 11.6 Å². The summed E-state index contributed by atoms with van der Waals surface area (Å²) in [5.41, 5.74) is 3.35. The standard InChI is InChI=1S/C19H19ClN4OS2/c1-13-5-2-3-6-14(13)9-10-21-17(25)12-26-19-24-23-18(27-19)22-16-8-4-7-15(20)11-16/h2-8,11H,9-10,12H2,1H3,(H,21,25)(H,22,23). The molecule has 0 spiro atoms. The van der Waals surface area contributed by atoms with E-state index in [-0.39, 0.29) is 5.91 Å². The third kappa shape index (κ3) is 6.23. The SMILES string of the molecule is Cc1ccccc1CCNC(=O)CSc1nnc(Nc2cccc(Cl)c2)s1. The first-order chi connectivity index (χ1) is 13.1. The van der Waals surface area contributed by atoms with Gasteiger partial charge in [0.05, 0.1) is 5.75 Å². The average Bonchev–Trinajstić information content (AvgIpc) is 3.09. The van der Waals surface area contributed by atoms with Crippen molar-refractivity contribution in [1.29, 1.82) is 0 Å². The Morgan fingerprint density at radius 1 is 1.19 bits per heavy atom. The zero-order chi connectivity index (χ0) is 19.1. The Balaban J connectivity index is 1.41. The van der Waals surface area contributed by atoms with Gasteiger partial charge in [0.2, 0.25) is 11.0 Å². The number of aromatic nitrogens is 2. The van der Waals surface area contributed by atoms with E-state index in [2.05, 4.69) is 39.9 Å². The molecular weight excluding hydrogens is 400 g/mol. The number of aryl methyl sites for hydroxylation is 1. The van der Waals surface area contributed by atoms with Gasteiger partial charge in [-0.25, -0.2) is 0 Å². The molecule has 5 nitrogen and oxygen atoms in total. The van der Waals surface area contributed by atoms with Crippen molar-refractivity contribution in [3.05, 3.63) is 64.7 Å². The van der Waals surface area contributed by atoms with Crippen LogP contribution in [0.3, 0.4) is 0 Å². The molecule has 0 fully saturated rings. The van der Waals surface area contributed by atoms with E-state index in [1.54, 1.807) is 0 Å². The quantitative estimate of drug-likeness (QED) is 0.519. The van der Waals surface area contributed by atoms with E-state index in [1.165, 1.54) is 34.2 Å². The predicted molar refractivity (Wildman–Crippen MR) is 113 cm³/mol. The van der Waals surface area contributed by atoms with Crippen molar-refractivity contribution in [1.82, 2.24) is 15.5 Å². The molecule has 1 aromatic heterocycles. The summed E-state index contributed by atoms with van der Waals surface area (Å²) in [5, 5.41) is 15.6. The lowest BCUT2D eigenvalue weighted by atomic mass is 10.1. The molecule has 0 aliphatic rings. The lowest BCUT2D eigenvalue weighted by Crippen LogP contribution is -2.27. The van der Waals surface area contributed by atoms with E-state index in [0.717, 1.165) is 16.4 Å². The molecule has 1 heterocycles. The van der Waals surface area contributed by atoms with Crippen LogP contribution in [0.5, 0.6) is 0 Å². The highest BCUT2D eigenvalue weighted by atomic mass is 35.5. The number of anilines is 2. The molecule has 0 aliphatic carbocycles. The minimum absolute atomic E-state index is 0.00636. The molecule has 8 heteroatoms. The number of thioether (sulfide) groups is 1. The van der Waals surface area contributed by atoms with Gasteiger partial charge >= 0.3 is 0 Å². The van der Waals surface area contributed by atoms with Gasteiger partial charge in [-0.1, -0.05) is 65.0 Å². The first-order valence-corrected chi connectivity index (χ1v) is 10.6. The second-order valence-corrected chi connectivity index (χ2v) is 8.46. The van der Waals surface area contributed by atoms with Crippen molar-refractivity contribution < 1.29 is 4.79 Å². The number of hydrogen-bond acceptors (Lipinski definition) is 6. The van der Waals surface area contributed by atoms with Gasteiger partial charge in [0.15, 0.2) is 4.34 Å². The number of carbonyl (C=O) groups is 1. The average molecular weight is 419 g/mol. The molecule has 27 heavy (non-hydrogen) atoms. The molecule has 140 valence electrons. The monoisotopic (exact) mass is 418 g/mol. The van der Waals surface area contributed by atoms with Crippen LogP contribution in [0.15, 0.2) is 52.9 Å². The van der Waals surface area contributed by atoms with Crippen LogP contribution < -0.4 is 10.6 Å². The van der Waals surface area contributed by atoms with E-state index >= 15 is 0 Å². The zero-order valence-electron chi connectivity index (χ0n) is 14.7. The maximum absolute atomic E-state index is 12.0. The minimum Gasteiger partial charge on any atom is -0.355 e. The third-order valence-electron chi connectivity index (χ3n) is 3.79. The summed E-state index contributed by atoms with van der Waals surface area (Å²) in [5.74, 6) is 0.313. The smallest absolute Gasteiger partial charge is 0.230 e. The van der Waals surface area contributed by atoms with Crippen LogP contribution in [0.25, 0.3) is 0 Å². The van der Waals surface area contributed by atoms with Crippen LogP contribution in [-0.2, 0) is 11.2 Å². The van der Waals surface area contributed by atoms with E-state index < -0.39 is 0 Å². The summed E-state index contributed by atoms with van der Waals surface area (Å²) in [7, 11) is 0. The number of amides is 1. The highest BCUT2D eigenvalue weighted by molar-refractivity contribution is 8.01. The van der Waals surface area contributed by atoms with E-state index in [0.29, 0.717) is 22.5 Å². The molecule has 0 bridgehead atoms. The lowest BCUT2D eigenvalue weighted by molar-refractivity contribution is -0.118. The number of nitrogens with zero attached hydrogens (tertiary/aromatic N) is 2. The number of carbonyl (C=O) groups excluding carboxylic acids is 1. The molecule has 1 amide bonds. The second-order valence-electron chi connectivity index (χ2n) is 5.82.